The van der Waals surface area contributed by atoms with Gasteiger partial charge in [-0.05, 0) is 64.6 Å². The van der Waals surface area contributed by atoms with Crippen molar-refractivity contribution < 1.29 is 23.8 Å². The Kier molecular flexibility index (Phi) is 13.3. The molecule has 1 aliphatic carbocycles. The van der Waals surface area contributed by atoms with E-state index in [0.717, 1.165) is 32.2 Å². The first-order valence-corrected chi connectivity index (χ1v) is 13.5. The molecule has 0 bridgehead atoms. The number of alkyl carbamates (subject to hydrolysis) is 1. The number of hydrogen-bond donors (Lipinski definition) is 2. The first kappa shape index (κ1) is 31.0. The molecular weight excluding hydrogens is 476 g/mol. The van der Waals surface area contributed by atoms with Crippen LogP contribution in [0, 0.1) is 17.2 Å². The van der Waals surface area contributed by atoms with Crippen LogP contribution < -0.4 is 10.6 Å². The van der Waals surface area contributed by atoms with Gasteiger partial charge >= 0.3 is 6.09 Å². The van der Waals surface area contributed by atoms with E-state index < -0.39 is 17.7 Å². The topological polar surface area (TPSA) is 129 Å². The number of nitrogens with one attached hydrogen (secondary N) is 2. The average Bonchev–Trinajstić information content (AvgIpc) is 2.93. The number of aliphatic imine (C=N–C) groups is 1. The Hall–Kier alpha value is -2.26. The van der Waals surface area contributed by atoms with Crippen LogP contribution in [0.25, 0.3) is 0 Å². The van der Waals surface area contributed by atoms with Gasteiger partial charge in [-0.3, -0.25) is 20.0 Å². The van der Waals surface area contributed by atoms with Crippen molar-refractivity contribution in [3.05, 3.63) is 0 Å². The molecule has 3 unspecified atom stereocenters. The summed E-state index contributed by atoms with van der Waals surface area (Å²) in [7, 11) is 5.00. The summed E-state index contributed by atoms with van der Waals surface area (Å²) in [5, 5.41) is 15.7. The third-order valence-corrected chi connectivity index (χ3v) is 7.75. The lowest BCUT2D eigenvalue weighted by molar-refractivity contribution is -0.136. The van der Waals surface area contributed by atoms with Crippen molar-refractivity contribution in [3.8, 4) is 6.07 Å². The number of likely N-dealkylation sites (N-methyl/N-ethyl adjacent to an activating group) is 2. The Morgan fingerprint density at radius 2 is 1.95 bits per heavy atom. The van der Waals surface area contributed by atoms with Gasteiger partial charge in [0.1, 0.15) is 11.6 Å². The van der Waals surface area contributed by atoms with Crippen molar-refractivity contribution in [2.75, 3.05) is 54.1 Å². The molecular formula is C26H46N6O5. The highest BCUT2D eigenvalue weighted by Crippen LogP contribution is 2.33. The number of carbonyl (C=O) groups excluding carboxylic acids is 2. The lowest BCUT2D eigenvalue weighted by Gasteiger charge is -2.41. The summed E-state index contributed by atoms with van der Waals surface area (Å²) in [5.41, 5.74) is -0.853. The number of ether oxygens (including phenoxy) is 3. The molecule has 1 aliphatic heterocycles. The fourth-order valence-corrected chi connectivity index (χ4v) is 5.47. The summed E-state index contributed by atoms with van der Waals surface area (Å²) in [5.74, 6) is 0.0863. The number of methoxy groups -OCH3 is 2. The Bertz CT molecular complexity index is 778. The second-order valence-corrected chi connectivity index (χ2v) is 9.86. The SMILES string of the molecule is CCOC(=O)NC=NC(CC1CCCC(N(CC)CC(OC)OC)C1)C(=O)N(C)C1(C#N)CCNCC1. The van der Waals surface area contributed by atoms with E-state index in [-0.39, 0.29) is 24.7 Å². The molecule has 37 heavy (non-hydrogen) atoms. The van der Waals surface area contributed by atoms with Crippen LogP contribution in [0.1, 0.15) is 58.8 Å². The largest absolute Gasteiger partial charge is 0.450 e. The Labute approximate surface area is 221 Å². The van der Waals surface area contributed by atoms with Gasteiger partial charge in [0.25, 0.3) is 0 Å². The van der Waals surface area contributed by atoms with Gasteiger partial charge in [-0.2, -0.15) is 5.26 Å². The summed E-state index contributed by atoms with van der Waals surface area (Å²) in [6, 6.07) is 2.06. The van der Waals surface area contributed by atoms with E-state index in [0.29, 0.717) is 44.9 Å². The van der Waals surface area contributed by atoms with Gasteiger partial charge < -0.3 is 24.4 Å². The first-order chi connectivity index (χ1) is 17.8. The van der Waals surface area contributed by atoms with E-state index in [1.165, 1.54) is 6.34 Å². The minimum absolute atomic E-state index is 0.196. The highest BCUT2D eigenvalue weighted by Gasteiger charge is 2.41. The second-order valence-electron chi connectivity index (χ2n) is 9.86. The molecule has 11 nitrogen and oxygen atoms in total. The molecule has 210 valence electrons. The Morgan fingerprint density at radius 3 is 2.54 bits per heavy atom. The molecule has 0 spiro atoms. The van der Waals surface area contributed by atoms with Gasteiger partial charge in [0.15, 0.2) is 6.29 Å². The van der Waals surface area contributed by atoms with Gasteiger partial charge in [0.05, 0.1) is 19.0 Å². The summed E-state index contributed by atoms with van der Waals surface area (Å²) in [4.78, 5) is 33.9. The van der Waals surface area contributed by atoms with E-state index >= 15 is 0 Å². The molecule has 11 heteroatoms. The molecule has 1 saturated heterocycles. The van der Waals surface area contributed by atoms with E-state index in [4.69, 9.17) is 14.2 Å². The maximum atomic E-state index is 13.7. The third kappa shape index (κ3) is 8.92. The van der Waals surface area contributed by atoms with Gasteiger partial charge in [-0.15, -0.1) is 0 Å². The number of carbonyl (C=O) groups is 2. The molecule has 1 heterocycles. The molecule has 2 aliphatic rings. The lowest BCUT2D eigenvalue weighted by atomic mass is 9.80. The smallest absolute Gasteiger partial charge is 0.412 e. The monoisotopic (exact) mass is 522 g/mol. The number of amides is 2. The fraction of sp³-hybridized carbons (Fsp3) is 0.846. The Balaban J connectivity index is 2.17. The van der Waals surface area contributed by atoms with Crippen LogP contribution in [-0.2, 0) is 19.0 Å². The van der Waals surface area contributed by atoms with Crippen LogP contribution in [0.4, 0.5) is 4.79 Å². The molecule has 2 amide bonds. The summed E-state index contributed by atoms with van der Waals surface area (Å²) < 4.78 is 15.7. The van der Waals surface area contributed by atoms with Crippen molar-refractivity contribution in [1.29, 1.82) is 5.26 Å². The maximum Gasteiger partial charge on any atom is 0.412 e. The highest BCUT2D eigenvalue weighted by atomic mass is 16.7. The number of nitriles is 1. The number of piperidine rings is 1. The zero-order chi connectivity index (χ0) is 27.3. The summed E-state index contributed by atoms with van der Waals surface area (Å²) >= 11 is 0. The quantitative estimate of drug-likeness (QED) is 0.214. The van der Waals surface area contributed by atoms with Crippen LogP contribution in [0.2, 0.25) is 0 Å². The molecule has 0 aromatic heterocycles. The number of hydrogen-bond acceptors (Lipinski definition) is 9. The van der Waals surface area contributed by atoms with Crippen LogP contribution in [0.5, 0.6) is 0 Å². The minimum Gasteiger partial charge on any atom is -0.450 e. The van der Waals surface area contributed by atoms with Crippen LogP contribution in [-0.4, -0.2) is 106 Å². The van der Waals surface area contributed by atoms with Gasteiger partial charge in [0, 0.05) is 33.9 Å². The summed E-state index contributed by atoms with van der Waals surface area (Å²) in [6.07, 6.45) is 6.15. The molecule has 0 aromatic carbocycles. The first-order valence-electron chi connectivity index (χ1n) is 13.5. The van der Waals surface area contributed by atoms with Crippen molar-refractivity contribution in [1.82, 2.24) is 20.4 Å². The average molecular weight is 523 g/mol. The van der Waals surface area contributed by atoms with Crippen LogP contribution in [0.15, 0.2) is 4.99 Å². The van der Waals surface area contributed by atoms with E-state index in [2.05, 4.69) is 33.5 Å². The van der Waals surface area contributed by atoms with Gasteiger partial charge in [-0.1, -0.05) is 19.8 Å². The van der Waals surface area contributed by atoms with Crippen LogP contribution in [0.3, 0.4) is 0 Å². The van der Waals surface area contributed by atoms with E-state index in [1.54, 1.807) is 33.1 Å². The van der Waals surface area contributed by atoms with E-state index in [9.17, 15) is 14.9 Å². The minimum atomic E-state index is -0.853. The van der Waals surface area contributed by atoms with Gasteiger partial charge in [-0.25, -0.2) is 4.79 Å². The van der Waals surface area contributed by atoms with E-state index in [1.807, 2.05) is 0 Å². The fourth-order valence-electron chi connectivity index (χ4n) is 5.47. The van der Waals surface area contributed by atoms with Crippen molar-refractivity contribution >= 4 is 18.3 Å². The number of rotatable bonds is 13. The standard InChI is InChI=1S/C26H46N6O5/c1-6-32(17-23(35-4)36-5)21-10-8-9-20(15-21)16-22(29-19-30-25(34)37-7-2)24(33)31(3)26(18-27)11-13-28-14-12-26/h19-23,28H,6-17H2,1-5H3,(H,29,30,34). The maximum absolute atomic E-state index is 13.7. The predicted octanol–water partition coefficient (Wildman–Crippen LogP) is 2.12. The van der Waals surface area contributed by atoms with Crippen molar-refractivity contribution in [3.63, 3.8) is 0 Å². The zero-order valence-electron chi connectivity index (χ0n) is 23.2. The Morgan fingerprint density at radius 1 is 1.24 bits per heavy atom. The molecule has 3 atom stereocenters. The molecule has 2 fully saturated rings. The predicted molar refractivity (Wildman–Crippen MR) is 141 cm³/mol. The lowest BCUT2D eigenvalue weighted by Crippen LogP contribution is -2.56. The molecule has 2 N–H and O–H groups in total. The van der Waals surface area contributed by atoms with Crippen molar-refractivity contribution in [2.45, 2.75) is 82.7 Å². The van der Waals surface area contributed by atoms with Gasteiger partial charge in [0.2, 0.25) is 5.91 Å². The number of nitrogens with zero attached hydrogens (tertiary/aromatic N) is 4. The third-order valence-electron chi connectivity index (χ3n) is 7.75. The molecule has 2 rings (SSSR count). The zero-order valence-corrected chi connectivity index (χ0v) is 23.2. The highest BCUT2D eigenvalue weighted by molar-refractivity contribution is 5.86. The molecule has 0 radical (unpaired) electrons. The second kappa shape index (κ2) is 15.9. The molecule has 0 aromatic rings. The summed E-state index contributed by atoms with van der Waals surface area (Å²) in [6.45, 7) is 7.04. The molecule has 1 saturated carbocycles. The van der Waals surface area contributed by atoms with Crippen molar-refractivity contribution in [2.24, 2.45) is 10.9 Å². The van der Waals surface area contributed by atoms with Crippen LogP contribution >= 0.6 is 0 Å². The normalized spacial score (nSPS) is 22.5.